The maximum absolute atomic E-state index is 15.2. The zero-order valence-corrected chi connectivity index (χ0v) is 20.5. The number of nitrogens with one attached hydrogen (secondary N) is 3. The van der Waals surface area contributed by atoms with Crippen LogP contribution in [0.4, 0.5) is 14.9 Å². The minimum atomic E-state index is -2.27. The SMILES string of the molecule is CC(C)[C@H](NC(=O)C(Cl)(Cl)Cl)/C(F)=C/[C@@H](CCCNC(N)=O)C(=O)Nc1ccc(CO)cc1. The van der Waals surface area contributed by atoms with E-state index in [9.17, 15) is 14.4 Å². The van der Waals surface area contributed by atoms with Gasteiger partial charge in [-0.15, -0.1) is 0 Å². The van der Waals surface area contributed by atoms with E-state index in [1.807, 2.05) is 0 Å². The molecule has 0 spiro atoms. The number of primary amides is 1. The van der Waals surface area contributed by atoms with Crippen LogP contribution in [0.25, 0.3) is 0 Å². The summed E-state index contributed by atoms with van der Waals surface area (Å²) in [6.07, 6.45) is 1.61. The average Bonchev–Trinajstić information content (AvgIpc) is 2.73. The Bertz CT molecular complexity index is 845. The number of benzene rings is 1. The lowest BCUT2D eigenvalue weighted by Crippen LogP contribution is -2.44. The van der Waals surface area contributed by atoms with Gasteiger partial charge in [0, 0.05) is 12.2 Å². The summed E-state index contributed by atoms with van der Waals surface area (Å²) in [6.45, 7) is 3.36. The molecule has 1 aromatic rings. The molecule has 0 aliphatic rings. The number of amides is 4. The van der Waals surface area contributed by atoms with Crippen LogP contribution in [-0.2, 0) is 16.2 Å². The van der Waals surface area contributed by atoms with Gasteiger partial charge in [-0.1, -0.05) is 60.8 Å². The number of nitrogens with two attached hydrogens (primary N) is 1. The van der Waals surface area contributed by atoms with Crippen molar-refractivity contribution in [2.24, 2.45) is 17.6 Å². The van der Waals surface area contributed by atoms with E-state index in [0.717, 1.165) is 6.08 Å². The Morgan fingerprint density at radius 1 is 1.18 bits per heavy atom. The Morgan fingerprint density at radius 2 is 1.79 bits per heavy atom. The van der Waals surface area contributed by atoms with E-state index in [1.165, 1.54) is 0 Å². The molecule has 0 saturated heterocycles. The van der Waals surface area contributed by atoms with Gasteiger partial charge in [0.1, 0.15) is 5.83 Å². The first-order chi connectivity index (χ1) is 15.3. The van der Waals surface area contributed by atoms with Gasteiger partial charge < -0.3 is 26.8 Å². The lowest BCUT2D eigenvalue weighted by molar-refractivity contribution is -0.121. The third-order valence-corrected chi connectivity index (χ3v) is 5.12. The quantitative estimate of drug-likeness (QED) is 0.223. The third-order valence-electron chi connectivity index (χ3n) is 4.60. The fourth-order valence-electron chi connectivity index (χ4n) is 2.83. The molecule has 0 heterocycles. The van der Waals surface area contributed by atoms with E-state index >= 15 is 4.39 Å². The average molecular weight is 526 g/mol. The molecule has 0 aromatic heterocycles. The highest BCUT2D eigenvalue weighted by molar-refractivity contribution is 6.76. The molecule has 33 heavy (non-hydrogen) atoms. The maximum atomic E-state index is 15.2. The van der Waals surface area contributed by atoms with E-state index in [4.69, 9.17) is 45.6 Å². The summed E-state index contributed by atoms with van der Waals surface area (Å²) >= 11 is 16.7. The van der Waals surface area contributed by atoms with Crippen LogP contribution in [0.15, 0.2) is 36.2 Å². The molecule has 0 saturated carbocycles. The molecule has 0 aliphatic heterocycles. The molecule has 8 nitrogen and oxygen atoms in total. The number of rotatable bonds is 11. The normalized spacial score (nSPS) is 13.9. The molecule has 12 heteroatoms. The smallest absolute Gasteiger partial charge is 0.312 e. The Balaban J connectivity index is 3.07. The van der Waals surface area contributed by atoms with Gasteiger partial charge in [0.2, 0.25) is 5.91 Å². The van der Waals surface area contributed by atoms with E-state index in [0.29, 0.717) is 17.7 Å². The van der Waals surface area contributed by atoms with Gasteiger partial charge in [0.25, 0.3) is 9.70 Å². The Labute approximate surface area is 207 Å². The van der Waals surface area contributed by atoms with Crippen LogP contribution in [0.2, 0.25) is 0 Å². The molecule has 6 N–H and O–H groups in total. The number of aliphatic hydroxyl groups is 1. The number of alkyl halides is 3. The molecule has 2 atom stereocenters. The minimum Gasteiger partial charge on any atom is -0.392 e. The number of aliphatic hydroxyl groups excluding tert-OH is 1. The molecule has 0 bridgehead atoms. The lowest BCUT2D eigenvalue weighted by atomic mass is 9.96. The summed E-state index contributed by atoms with van der Waals surface area (Å²) in [5, 5.41) is 16.6. The number of carbonyl (C=O) groups is 3. The van der Waals surface area contributed by atoms with E-state index < -0.39 is 45.3 Å². The molecular weight excluding hydrogens is 498 g/mol. The second kappa shape index (κ2) is 13.6. The van der Waals surface area contributed by atoms with Gasteiger partial charge in [0.15, 0.2) is 0 Å². The predicted octanol–water partition coefficient (Wildman–Crippen LogP) is 3.55. The van der Waals surface area contributed by atoms with Crippen molar-refractivity contribution in [3.63, 3.8) is 0 Å². The Hall–Kier alpha value is -2.07. The zero-order valence-electron chi connectivity index (χ0n) is 18.2. The summed E-state index contributed by atoms with van der Waals surface area (Å²) in [4.78, 5) is 35.8. The first kappa shape index (κ1) is 29.0. The highest BCUT2D eigenvalue weighted by atomic mass is 35.6. The van der Waals surface area contributed by atoms with Gasteiger partial charge >= 0.3 is 6.03 Å². The topological polar surface area (TPSA) is 134 Å². The van der Waals surface area contributed by atoms with Gasteiger partial charge in [-0.25, -0.2) is 9.18 Å². The van der Waals surface area contributed by atoms with E-state index in [-0.39, 0.29) is 19.6 Å². The van der Waals surface area contributed by atoms with Crippen LogP contribution in [0, 0.1) is 11.8 Å². The maximum Gasteiger partial charge on any atom is 0.312 e. The number of carbonyl (C=O) groups excluding carboxylic acids is 3. The van der Waals surface area contributed by atoms with E-state index in [1.54, 1.807) is 38.1 Å². The molecule has 0 aliphatic carbocycles. The van der Waals surface area contributed by atoms with Crippen molar-refractivity contribution in [2.75, 3.05) is 11.9 Å². The van der Waals surface area contributed by atoms with Crippen LogP contribution >= 0.6 is 34.8 Å². The first-order valence-electron chi connectivity index (χ1n) is 10.1. The summed E-state index contributed by atoms with van der Waals surface area (Å²) < 4.78 is 12.9. The molecule has 1 aromatic carbocycles. The zero-order chi connectivity index (χ0) is 25.2. The van der Waals surface area contributed by atoms with Crippen molar-refractivity contribution >= 4 is 58.3 Å². The van der Waals surface area contributed by atoms with Crippen LogP contribution < -0.4 is 21.7 Å². The standard InChI is InChI=1S/C21H28Cl3FN4O4/c1-12(2)17(29-19(32)21(22,23)24)16(25)10-14(4-3-9-27-20(26)33)18(31)28-15-7-5-13(11-30)6-8-15/h5-8,10,12,14,17,30H,3-4,9,11H2,1-2H3,(H,28,31)(H,29,32)(H3,26,27,33)/b16-10-/t14-,17+/m1/s1. The second-order valence-electron chi connectivity index (χ2n) is 7.63. The number of hydrogen-bond donors (Lipinski definition) is 5. The van der Waals surface area contributed by atoms with Gasteiger partial charge in [-0.3, -0.25) is 9.59 Å². The highest BCUT2D eigenvalue weighted by Crippen LogP contribution is 2.28. The molecule has 0 unspecified atom stereocenters. The highest BCUT2D eigenvalue weighted by Gasteiger charge is 2.34. The molecule has 1 rings (SSSR count). The summed E-state index contributed by atoms with van der Waals surface area (Å²) in [5.74, 6) is -3.63. The predicted molar refractivity (Wildman–Crippen MR) is 128 cm³/mol. The monoisotopic (exact) mass is 524 g/mol. The van der Waals surface area contributed by atoms with Crippen LogP contribution in [0.5, 0.6) is 0 Å². The van der Waals surface area contributed by atoms with Gasteiger partial charge in [-0.05, 0) is 42.5 Å². The van der Waals surface area contributed by atoms with Crippen molar-refractivity contribution in [3.8, 4) is 0 Å². The van der Waals surface area contributed by atoms with Crippen molar-refractivity contribution in [3.05, 3.63) is 41.7 Å². The van der Waals surface area contributed by atoms with Gasteiger partial charge in [-0.2, -0.15) is 0 Å². The molecule has 0 fully saturated rings. The molecule has 4 amide bonds. The largest absolute Gasteiger partial charge is 0.392 e. The van der Waals surface area contributed by atoms with Crippen LogP contribution in [-0.4, -0.2) is 39.3 Å². The Kier molecular flexibility index (Phi) is 11.9. The summed E-state index contributed by atoms with van der Waals surface area (Å²) in [6, 6.07) is 4.64. The summed E-state index contributed by atoms with van der Waals surface area (Å²) in [5.41, 5.74) is 6.16. The molecule has 0 radical (unpaired) electrons. The Morgan fingerprint density at radius 3 is 2.27 bits per heavy atom. The number of urea groups is 1. The van der Waals surface area contributed by atoms with Crippen molar-refractivity contribution < 1.29 is 23.9 Å². The van der Waals surface area contributed by atoms with Crippen LogP contribution in [0.3, 0.4) is 0 Å². The fraction of sp³-hybridized carbons (Fsp3) is 0.476. The van der Waals surface area contributed by atoms with E-state index in [2.05, 4.69) is 16.0 Å². The molecule has 184 valence electrons. The fourth-order valence-corrected chi connectivity index (χ4v) is 2.99. The van der Waals surface area contributed by atoms with Crippen molar-refractivity contribution in [2.45, 2.75) is 43.1 Å². The van der Waals surface area contributed by atoms with Gasteiger partial charge in [0.05, 0.1) is 18.6 Å². The second-order valence-corrected chi connectivity index (χ2v) is 9.91. The van der Waals surface area contributed by atoms with Crippen LogP contribution in [0.1, 0.15) is 32.3 Å². The van der Waals surface area contributed by atoms with Crippen molar-refractivity contribution in [1.29, 1.82) is 0 Å². The summed E-state index contributed by atoms with van der Waals surface area (Å²) in [7, 11) is 0. The number of anilines is 1. The number of hydrogen-bond acceptors (Lipinski definition) is 4. The third kappa shape index (κ3) is 10.6. The lowest BCUT2D eigenvalue weighted by Gasteiger charge is -2.24. The number of halogens is 4. The first-order valence-corrected chi connectivity index (χ1v) is 11.3. The van der Waals surface area contributed by atoms with Crippen molar-refractivity contribution in [1.82, 2.24) is 10.6 Å². The minimum absolute atomic E-state index is 0.145. The molecular formula is C21H28Cl3FN4O4.